The second-order valence-corrected chi connectivity index (χ2v) is 6.69. The number of hydrazine groups is 1. The van der Waals surface area contributed by atoms with E-state index < -0.39 is 0 Å². The van der Waals surface area contributed by atoms with Crippen molar-refractivity contribution in [1.82, 2.24) is 25.8 Å². The fourth-order valence-corrected chi connectivity index (χ4v) is 2.68. The lowest BCUT2D eigenvalue weighted by Crippen LogP contribution is -2.25. The highest BCUT2D eigenvalue weighted by Crippen LogP contribution is 2.20. The summed E-state index contributed by atoms with van der Waals surface area (Å²) in [6.45, 7) is 12.0. The second-order valence-electron chi connectivity index (χ2n) is 6.69. The van der Waals surface area contributed by atoms with E-state index in [-0.39, 0.29) is 0 Å². The van der Waals surface area contributed by atoms with Crippen LogP contribution in [-0.4, -0.2) is 20.7 Å². The third-order valence-corrected chi connectivity index (χ3v) is 4.19. The SMILES string of the molecule is C#CNN/C(C=C)=C/C=C(\C)C(CCC)=NC(=C(C)C)n1nnc2ccccc21. The van der Waals surface area contributed by atoms with Gasteiger partial charge in [-0.15, -0.1) is 5.10 Å². The molecular formula is C23H28N6. The Morgan fingerprint density at radius 3 is 2.69 bits per heavy atom. The Hall–Kier alpha value is -3.59. The molecule has 2 N–H and O–H groups in total. The Kier molecular flexibility index (Phi) is 7.99. The van der Waals surface area contributed by atoms with E-state index in [1.165, 1.54) is 0 Å². The van der Waals surface area contributed by atoms with Gasteiger partial charge in [0.2, 0.25) is 0 Å². The van der Waals surface area contributed by atoms with Gasteiger partial charge in [-0.2, -0.15) is 4.68 Å². The van der Waals surface area contributed by atoms with Gasteiger partial charge in [-0.1, -0.05) is 49.8 Å². The van der Waals surface area contributed by atoms with Crippen LogP contribution in [0.4, 0.5) is 0 Å². The highest BCUT2D eigenvalue weighted by atomic mass is 15.5. The summed E-state index contributed by atoms with van der Waals surface area (Å²) in [5.74, 6) is 0.787. The van der Waals surface area contributed by atoms with Crippen molar-refractivity contribution in [2.24, 2.45) is 4.99 Å². The van der Waals surface area contributed by atoms with Gasteiger partial charge in [0.15, 0.2) is 5.82 Å². The van der Waals surface area contributed by atoms with Gasteiger partial charge < -0.3 is 0 Å². The number of aliphatic imine (C=N–C) groups is 1. The molecule has 6 nitrogen and oxygen atoms in total. The molecule has 0 aliphatic rings. The number of allylic oxidation sites excluding steroid dienone is 5. The number of rotatable bonds is 9. The zero-order valence-corrected chi connectivity index (χ0v) is 17.5. The molecule has 1 aromatic carbocycles. The van der Waals surface area contributed by atoms with Crippen molar-refractivity contribution < 1.29 is 0 Å². The van der Waals surface area contributed by atoms with Crippen LogP contribution in [0.2, 0.25) is 0 Å². The lowest BCUT2D eigenvalue weighted by Gasteiger charge is -2.11. The minimum Gasteiger partial charge on any atom is -0.294 e. The summed E-state index contributed by atoms with van der Waals surface area (Å²) in [4.78, 5) is 4.99. The number of aromatic nitrogens is 3. The summed E-state index contributed by atoms with van der Waals surface area (Å²) in [5, 5.41) is 8.59. The molecule has 0 bridgehead atoms. The molecular weight excluding hydrogens is 360 g/mol. The summed E-state index contributed by atoms with van der Waals surface area (Å²) >= 11 is 0. The van der Waals surface area contributed by atoms with Crippen LogP contribution >= 0.6 is 0 Å². The van der Waals surface area contributed by atoms with Crippen LogP contribution in [-0.2, 0) is 0 Å². The lowest BCUT2D eigenvalue weighted by atomic mass is 10.1. The molecule has 0 spiro atoms. The summed E-state index contributed by atoms with van der Waals surface area (Å²) < 4.78 is 1.80. The van der Waals surface area contributed by atoms with E-state index in [4.69, 9.17) is 11.4 Å². The highest BCUT2D eigenvalue weighted by Gasteiger charge is 2.11. The molecule has 0 unspecified atom stereocenters. The van der Waals surface area contributed by atoms with Gasteiger partial charge in [0.1, 0.15) is 5.52 Å². The maximum absolute atomic E-state index is 5.21. The fourth-order valence-electron chi connectivity index (χ4n) is 2.68. The molecule has 0 atom stereocenters. The van der Waals surface area contributed by atoms with Crippen molar-refractivity contribution in [2.75, 3.05) is 0 Å². The predicted octanol–water partition coefficient (Wildman–Crippen LogP) is 4.58. The van der Waals surface area contributed by atoms with Crippen LogP contribution in [0.25, 0.3) is 16.9 Å². The molecule has 0 fully saturated rings. The fraction of sp³-hybridized carbons (Fsp3) is 0.261. The maximum Gasteiger partial charge on any atom is 0.154 e. The van der Waals surface area contributed by atoms with Crippen molar-refractivity contribution in [3.63, 3.8) is 0 Å². The largest absolute Gasteiger partial charge is 0.294 e. The van der Waals surface area contributed by atoms with Gasteiger partial charge in [-0.25, -0.2) is 4.99 Å². The van der Waals surface area contributed by atoms with Gasteiger partial charge in [0, 0.05) is 11.8 Å². The minimum absolute atomic E-state index is 0.767. The third-order valence-electron chi connectivity index (χ3n) is 4.19. The summed E-state index contributed by atoms with van der Waals surface area (Å²) in [6.07, 6.45) is 12.6. The number of benzene rings is 1. The van der Waals surface area contributed by atoms with Crippen LogP contribution in [0.3, 0.4) is 0 Å². The Labute approximate surface area is 172 Å². The topological polar surface area (TPSA) is 67.1 Å². The summed E-state index contributed by atoms with van der Waals surface area (Å²) in [6, 6.07) is 10.2. The molecule has 1 heterocycles. The van der Waals surface area contributed by atoms with Gasteiger partial charge in [0.05, 0.1) is 11.2 Å². The molecule has 0 aliphatic heterocycles. The number of hydrogen-bond acceptors (Lipinski definition) is 5. The van der Waals surface area contributed by atoms with Crippen molar-refractivity contribution in [3.8, 4) is 12.5 Å². The quantitative estimate of drug-likeness (QED) is 0.217. The molecule has 0 saturated carbocycles. The maximum atomic E-state index is 5.21. The molecule has 0 radical (unpaired) electrons. The average molecular weight is 389 g/mol. The first-order valence-corrected chi connectivity index (χ1v) is 9.55. The van der Waals surface area contributed by atoms with E-state index in [1.54, 1.807) is 10.8 Å². The molecule has 150 valence electrons. The highest BCUT2D eigenvalue weighted by molar-refractivity contribution is 6.02. The van der Waals surface area contributed by atoms with E-state index in [0.29, 0.717) is 0 Å². The van der Waals surface area contributed by atoms with Crippen molar-refractivity contribution in [2.45, 2.75) is 40.5 Å². The van der Waals surface area contributed by atoms with Crippen molar-refractivity contribution >= 4 is 22.6 Å². The Balaban J connectivity index is 2.47. The monoisotopic (exact) mass is 388 g/mol. The van der Waals surface area contributed by atoms with Crippen LogP contribution in [0.1, 0.15) is 40.5 Å². The first-order valence-electron chi connectivity index (χ1n) is 9.55. The van der Waals surface area contributed by atoms with E-state index in [1.807, 2.05) is 57.2 Å². The zero-order chi connectivity index (χ0) is 21.2. The smallest absolute Gasteiger partial charge is 0.154 e. The minimum atomic E-state index is 0.767. The van der Waals surface area contributed by atoms with Gasteiger partial charge in [-0.05, 0) is 62.6 Å². The van der Waals surface area contributed by atoms with Gasteiger partial charge in [-0.3, -0.25) is 10.9 Å². The molecule has 0 saturated heterocycles. The molecule has 2 rings (SSSR count). The third kappa shape index (κ3) is 5.69. The Bertz CT molecular complexity index is 1020. The molecule has 6 heteroatoms. The normalized spacial score (nSPS) is 12.4. The van der Waals surface area contributed by atoms with Crippen LogP contribution < -0.4 is 10.9 Å². The Morgan fingerprint density at radius 2 is 2.03 bits per heavy atom. The van der Waals surface area contributed by atoms with E-state index in [2.05, 4.69) is 40.7 Å². The summed E-state index contributed by atoms with van der Waals surface area (Å²) in [7, 11) is 0. The van der Waals surface area contributed by atoms with Gasteiger partial charge in [0.25, 0.3) is 0 Å². The number of terminal acetylenes is 1. The predicted molar refractivity (Wildman–Crippen MR) is 122 cm³/mol. The molecule has 1 aromatic heterocycles. The van der Waals surface area contributed by atoms with Crippen molar-refractivity contribution in [1.29, 1.82) is 0 Å². The van der Waals surface area contributed by atoms with Crippen LogP contribution in [0, 0.1) is 12.5 Å². The number of hydrogen-bond donors (Lipinski definition) is 2. The molecule has 29 heavy (non-hydrogen) atoms. The Morgan fingerprint density at radius 1 is 1.28 bits per heavy atom. The number of fused-ring (bicyclic) bond motifs is 1. The van der Waals surface area contributed by atoms with E-state index >= 15 is 0 Å². The average Bonchev–Trinajstić information content (AvgIpc) is 3.14. The number of nitrogens with zero attached hydrogens (tertiary/aromatic N) is 4. The van der Waals surface area contributed by atoms with Crippen LogP contribution in [0.15, 0.2) is 70.9 Å². The van der Waals surface area contributed by atoms with Gasteiger partial charge >= 0.3 is 0 Å². The summed E-state index contributed by atoms with van der Waals surface area (Å²) in [5.41, 5.74) is 11.2. The standard InChI is InChI=1S/C23H28N6/c1-7-12-20(18(6)15-16-19(8-2)26-24-9-3)25-23(17(4)5)29-22-14-11-10-13-21(22)27-28-29/h3,8,10-11,13-16,24,26H,2,7,12H2,1,4-6H3/b18-15+,19-16+,25-20?. The lowest BCUT2D eigenvalue weighted by molar-refractivity contribution is 0.771. The van der Waals surface area contributed by atoms with Crippen molar-refractivity contribution in [3.05, 3.63) is 65.9 Å². The first-order chi connectivity index (χ1) is 14.0. The second kappa shape index (κ2) is 10.7. The number of nitrogens with one attached hydrogen (secondary N) is 2. The molecule has 2 aromatic rings. The van der Waals surface area contributed by atoms with E-state index in [0.717, 1.165) is 52.3 Å². The molecule has 0 aliphatic carbocycles. The first kappa shape index (κ1) is 21.7. The van der Waals surface area contributed by atoms with E-state index in [9.17, 15) is 0 Å². The molecule has 0 amide bonds. The zero-order valence-electron chi connectivity index (χ0n) is 17.5. The number of para-hydroxylation sites is 1. The van der Waals surface area contributed by atoms with Crippen LogP contribution in [0.5, 0.6) is 0 Å².